The van der Waals surface area contributed by atoms with Gasteiger partial charge in [-0.05, 0) is 55.6 Å². The van der Waals surface area contributed by atoms with Gasteiger partial charge < -0.3 is 15.1 Å². The molecule has 1 aliphatic heterocycles. The number of nitrogens with zero attached hydrogens (tertiary/aromatic N) is 1. The van der Waals surface area contributed by atoms with E-state index in [1.54, 1.807) is 30.3 Å². The Morgan fingerprint density at radius 2 is 1.80 bits per heavy atom. The summed E-state index contributed by atoms with van der Waals surface area (Å²) in [6.45, 7) is 4.76. The van der Waals surface area contributed by atoms with Gasteiger partial charge in [0.25, 0.3) is 5.91 Å². The van der Waals surface area contributed by atoms with Gasteiger partial charge in [0.15, 0.2) is 5.76 Å². The molecule has 1 aromatic heterocycles. The highest BCUT2D eigenvalue weighted by molar-refractivity contribution is 6.00. The quantitative estimate of drug-likeness (QED) is 0.617. The second kappa shape index (κ2) is 9.41. The maximum Gasteiger partial charge on any atom is 0.252 e. The van der Waals surface area contributed by atoms with Crippen molar-refractivity contribution in [1.82, 2.24) is 15.6 Å². The lowest BCUT2D eigenvalue weighted by Crippen LogP contribution is -2.43. The summed E-state index contributed by atoms with van der Waals surface area (Å²) in [5.41, 5.74) is 1.51. The molecule has 158 valence electrons. The number of halogens is 2. The van der Waals surface area contributed by atoms with Gasteiger partial charge in [0.05, 0.1) is 17.3 Å². The van der Waals surface area contributed by atoms with Crippen molar-refractivity contribution in [2.75, 3.05) is 19.6 Å². The fourth-order valence-electron chi connectivity index (χ4n) is 3.65. The minimum absolute atomic E-state index is 0. The first-order chi connectivity index (χ1) is 14.1. The molecule has 0 atom stereocenters. The van der Waals surface area contributed by atoms with E-state index in [1.807, 2.05) is 12.1 Å². The molecule has 5 nitrogen and oxygen atoms in total. The topological polar surface area (TPSA) is 67.2 Å². The zero-order chi connectivity index (χ0) is 20.3. The number of nitrogens with one attached hydrogen (secondary N) is 2. The average Bonchev–Trinajstić information content (AvgIpc) is 3.23. The molecule has 4 rings (SSSR count). The first kappa shape index (κ1) is 22.0. The van der Waals surface area contributed by atoms with Crippen LogP contribution in [-0.4, -0.2) is 30.5 Å². The second-order valence-electron chi connectivity index (χ2n) is 7.80. The summed E-state index contributed by atoms with van der Waals surface area (Å²) < 4.78 is 19.9. The number of piperidine rings is 1. The number of carbonyl (C=O) groups excluding carboxylic acids is 1. The minimum atomic E-state index is -0.378. The number of aromatic nitrogens is 1. The first-order valence-corrected chi connectivity index (χ1v) is 9.85. The van der Waals surface area contributed by atoms with Crippen molar-refractivity contribution in [3.05, 3.63) is 66.1 Å². The number of hydrogen-bond donors (Lipinski definition) is 2. The fraction of sp³-hybridized carbons (Fsp3) is 0.304. The molecule has 0 unspecified atom stereocenters. The first-order valence-electron chi connectivity index (χ1n) is 9.85. The summed E-state index contributed by atoms with van der Waals surface area (Å²) in [5.74, 6) is 0.0834. The smallest absolute Gasteiger partial charge is 0.252 e. The van der Waals surface area contributed by atoms with Crippen molar-refractivity contribution in [3.63, 3.8) is 0 Å². The Bertz CT molecular complexity index is 1010. The Kier molecular flexibility index (Phi) is 6.90. The molecule has 0 spiro atoms. The third-order valence-corrected chi connectivity index (χ3v) is 5.53. The van der Waals surface area contributed by atoms with E-state index in [2.05, 4.69) is 22.5 Å². The van der Waals surface area contributed by atoms with Gasteiger partial charge in [-0.25, -0.2) is 9.37 Å². The fourth-order valence-corrected chi connectivity index (χ4v) is 3.65. The van der Waals surface area contributed by atoms with Crippen LogP contribution < -0.4 is 10.6 Å². The van der Waals surface area contributed by atoms with Crippen LogP contribution in [0.1, 0.15) is 30.1 Å². The number of carbonyl (C=O) groups is 1. The zero-order valence-corrected chi connectivity index (χ0v) is 17.6. The monoisotopic (exact) mass is 429 g/mol. The van der Waals surface area contributed by atoms with Gasteiger partial charge >= 0.3 is 0 Å². The maximum absolute atomic E-state index is 14.1. The molecular formula is C23H25ClFN3O2. The number of hydrogen-bond acceptors (Lipinski definition) is 4. The number of rotatable bonds is 5. The van der Waals surface area contributed by atoms with Gasteiger partial charge in [0.2, 0.25) is 5.89 Å². The van der Waals surface area contributed by atoms with Crippen LogP contribution in [0.2, 0.25) is 0 Å². The van der Waals surface area contributed by atoms with Crippen molar-refractivity contribution < 1.29 is 13.6 Å². The van der Waals surface area contributed by atoms with Gasteiger partial charge in [-0.1, -0.05) is 31.2 Å². The second-order valence-corrected chi connectivity index (χ2v) is 7.80. The van der Waals surface area contributed by atoms with Crippen LogP contribution in [0, 0.1) is 11.2 Å². The van der Waals surface area contributed by atoms with Gasteiger partial charge in [0.1, 0.15) is 5.82 Å². The predicted octanol–water partition coefficient (Wildman–Crippen LogP) is 4.69. The normalized spacial score (nSPS) is 15.3. The Balaban J connectivity index is 0.00000256. The Hall–Kier alpha value is -2.70. The van der Waals surface area contributed by atoms with Gasteiger partial charge in [-0.2, -0.15) is 0 Å². The Morgan fingerprint density at radius 3 is 2.53 bits per heavy atom. The number of benzene rings is 2. The summed E-state index contributed by atoms with van der Waals surface area (Å²) in [6, 6.07) is 13.6. The SMILES string of the molecule is CC1(CNC(=O)c2ccccc2-c2ncc(-c3ccccc3F)o2)CCNCC1.Cl. The largest absolute Gasteiger partial charge is 0.436 e. The van der Waals surface area contributed by atoms with E-state index in [9.17, 15) is 9.18 Å². The molecule has 1 amide bonds. The van der Waals surface area contributed by atoms with E-state index >= 15 is 0 Å². The minimum Gasteiger partial charge on any atom is -0.436 e. The maximum atomic E-state index is 14.1. The Labute approximate surface area is 181 Å². The molecule has 3 aromatic rings. The summed E-state index contributed by atoms with van der Waals surface area (Å²) in [7, 11) is 0. The molecule has 0 bridgehead atoms. The van der Waals surface area contributed by atoms with Crippen LogP contribution in [0.4, 0.5) is 4.39 Å². The molecule has 2 aromatic carbocycles. The van der Waals surface area contributed by atoms with Crippen LogP contribution >= 0.6 is 12.4 Å². The van der Waals surface area contributed by atoms with E-state index in [0.717, 1.165) is 25.9 Å². The summed E-state index contributed by atoms with van der Waals surface area (Å²) in [4.78, 5) is 17.2. The van der Waals surface area contributed by atoms with Gasteiger partial charge in [-0.3, -0.25) is 4.79 Å². The van der Waals surface area contributed by atoms with E-state index in [4.69, 9.17) is 4.42 Å². The molecule has 0 aliphatic carbocycles. The van der Waals surface area contributed by atoms with Crippen molar-refractivity contribution in [2.24, 2.45) is 5.41 Å². The summed E-state index contributed by atoms with van der Waals surface area (Å²) in [5, 5.41) is 6.42. The van der Waals surface area contributed by atoms with Gasteiger partial charge in [-0.15, -0.1) is 12.4 Å². The molecule has 7 heteroatoms. The van der Waals surface area contributed by atoms with Crippen LogP contribution in [0.15, 0.2) is 59.1 Å². The Morgan fingerprint density at radius 1 is 1.13 bits per heavy atom. The predicted molar refractivity (Wildman–Crippen MR) is 117 cm³/mol. The molecule has 0 radical (unpaired) electrons. The van der Waals surface area contributed by atoms with E-state index in [-0.39, 0.29) is 29.5 Å². The van der Waals surface area contributed by atoms with E-state index in [1.165, 1.54) is 12.3 Å². The lowest BCUT2D eigenvalue weighted by Gasteiger charge is -2.34. The molecule has 1 aliphatic rings. The molecule has 30 heavy (non-hydrogen) atoms. The van der Waals surface area contributed by atoms with Crippen LogP contribution in [0.25, 0.3) is 22.8 Å². The lowest BCUT2D eigenvalue weighted by molar-refractivity contribution is 0.0922. The number of oxazole rings is 1. The molecule has 2 N–H and O–H groups in total. The molecule has 2 heterocycles. The van der Waals surface area contributed by atoms with Crippen molar-refractivity contribution in [1.29, 1.82) is 0 Å². The number of amides is 1. The van der Waals surface area contributed by atoms with Crippen LogP contribution in [0.3, 0.4) is 0 Å². The van der Waals surface area contributed by atoms with Crippen molar-refractivity contribution in [2.45, 2.75) is 19.8 Å². The average molecular weight is 430 g/mol. The molecular weight excluding hydrogens is 405 g/mol. The highest BCUT2D eigenvalue weighted by Gasteiger charge is 2.27. The van der Waals surface area contributed by atoms with Gasteiger partial charge in [0, 0.05) is 12.1 Å². The lowest BCUT2D eigenvalue weighted by atomic mass is 9.81. The van der Waals surface area contributed by atoms with Crippen LogP contribution in [0.5, 0.6) is 0 Å². The third-order valence-electron chi connectivity index (χ3n) is 5.53. The highest BCUT2D eigenvalue weighted by Crippen LogP contribution is 2.30. The summed E-state index contributed by atoms with van der Waals surface area (Å²) >= 11 is 0. The summed E-state index contributed by atoms with van der Waals surface area (Å²) in [6.07, 6.45) is 3.54. The molecule has 0 saturated carbocycles. The standard InChI is InChI=1S/C23H24FN3O2.ClH/c1-23(10-12-25-13-11-23)15-27-21(28)16-6-2-3-7-17(16)22-26-14-20(29-22)18-8-4-5-9-19(18)24;/h2-9,14,25H,10-13,15H2,1H3,(H,27,28);1H. The van der Waals surface area contributed by atoms with Crippen LogP contribution in [-0.2, 0) is 0 Å². The third kappa shape index (κ3) is 4.71. The molecule has 1 fully saturated rings. The molecule has 1 saturated heterocycles. The highest BCUT2D eigenvalue weighted by atomic mass is 35.5. The van der Waals surface area contributed by atoms with E-state index in [0.29, 0.717) is 34.9 Å². The van der Waals surface area contributed by atoms with E-state index < -0.39 is 0 Å². The van der Waals surface area contributed by atoms with Crippen molar-refractivity contribution in [3.8, 4) is 22.8 Å². The zero-order valence-electron chi connectivity index (χ0n) is 16.8. The van der Waals surface area contributed by atoms with Crippen molar-refractivity contribution >= 4 is 18.3 Å².